The van der Waals surface area contributed by atoms with Crippen LogP contribution in [0.1, 0.15) is 6.42 Å². The lowest BCUT2D eigenvalue weighted by molar-refractivity contribution is -0.121. The summed E-state index contributed by atoms with van der Waals surface area (Å²) in [7, 11) is 1.49. The third-order valence-corrected chi connectivity index (χ3v) is 2.46. The van der Waals surface area contributed by atoms with Crippen LogP contribution in [-0.4, -0.2) is 30.5 Å². The number of Topliss-reactive ketones (excluding diaryl/α,β-unsaturated/α-hetero) is 1. The molecular formula is C11H11NO4. The number of ether oxygens (including phenoxy) is 1. The van der Waals surface area contributed by atoms with Gasteiger partial charge < -0.3 is 14.7 Å². The maximum atomic E-state index is 11.5. The topological polar surface area (TPSA) is 66.8 Å². The zero-order valence-corrected chi connectivity index (χ0v) is 8.77. The fourth-order valence-electron chi connectivity index (χ4n) is 1.65. The third kappa shape index (κ3) is 1.71. The van der Waals surface area contributed by atoms with Crippen LogP contribution in [0.5, 0.6) is 11.5 Å². The van der Waals surface area contributed by atoms with Crippen molar-refractivity contribution in [3.05, 3.63) is 18.2 Å². The highest BCUT2D eigenvalue weighted by atomic mass is 16.5. The molecule has 0 spiro atoms. The molecule has 0 saturated carbocycles. The van der Waals surface area contributed by atoms with Crippen molar-refractivity contribution in [1.82, 2.24) is 0 Å². The van der Waals surface area contributed by atoms with Gasteiger partial charge in [-0.3, -0.25) is 9.59 Å². The van der Waals surface area contributed by atoms with E-state index in [0.29, 0.717) is 11.4 Å². The molecule has 5 nitrogen and oxygen atoms in total. The van der Waals surface area contributed by atoms with Crippen LogP contribution < -0.4 is 9.64 Å². The van der Waals surface area contributed by atoms with Crippen molar-refractivity contribution >= 4 is 17.4 Å². The van der Waals surface area contributed by atoms with Crippen molar-refractivity contribution in [3.63, 3.8) is 0 Å². The van der Waals surface area contributed by atoms with Crippen LogP contribution in [0.4, 0.5) is 5.69 Å². The highest BCUT2D eigenvalue weighted by Gasteiger charge is 2.30. The molecule has 16 heavy (non-hydrogen) atoms. The number of hydrogen-bond donors (Lipinski definition) is 1. The van der Waals surface area contributed by atoms with E-state index < -0.39 is 0 Å². The monoisotopic (exact) mass is 221 g/mol. The van der Waals surface area contributed by atoms with Crippen LogP contribution in [0, 0.1) is 0 Å². The first-order valence-electron chi connectivity index (χ1n) is 4.81. The zero-order chi connectivity index (χ0) is 11.7. The molecule has 2 rings (SSSR count). The Balaban J connectivity index is 2.39. The Bertz CT molecular complexity index is 455. The van der Waals surface area contributed by atoms with E-state index >= 15 is 0 Å². The number of carbonyl (C=O) groups excluding carboxylic acids is 2. The third-order valence-electron chi connectivity index (χ3n) is 2.46. The fraction of sp³-hybridized carbons (Fsp3) is 0.273. The average molecular weight is 221 g/mol. The van der Waals surface area contributed by atoms with Crippen LogP contribution in [0.3, 0.4) is 0 Å². The van der Waals surface area contributed by atoms with Gasteiger partial charge in [0.2, 0.25) is 5.91 Å². The molecule has 84 valence electrons. The molecule has 0 aliphatic carbocycles. The summed E-state index contributed by atoms with van der Waals surface area (Å²) < 4.78 is 5.00. The van der Waals surface area contributed by atoms with Crippen molar-refractivity contribution in [2.24, 2.45) is 0 Å². The number of methoxy groups -OCH3 is 1. The molecule has 1 N–H and O–H groups in total. The molecule has 0 aromatic heterocycles. The number of phenolic OH excluding ortho intramolecular Hbond substituents is 1. The summed E-state index contributed by atoms with van der Waals surface area (Å²) in [5.74, 6) is 0.0459. The summed E-state index contributed by atoms with van der Waals surface area (Å²) in [6, 6.07) is 4.55. The minimum Gasteiger partial charge on any atom is -0.506 e. The Morgan fingerprint density at radius 2 is 2.12 bits per heavy atom. The molecule has 1 amide bonds. The van der Waals surface area contributed by atoms with Gasteiger partial charge in [0, 0.05) is 6.07 Å². The summed E-state index contributed by atoms with van der Waals surface area (Å²) in [6.07, 6.45) is -0.101. The molecule has 5 heteroatoms. The summed E-state index contributed by atoms with van der Waals surface area (Å²) in [4.78, 5) is 23.9. The molecular weight excluding hydrogens is 210 g/mol. The summed E-state index contributed by atoms with van der Waals surface area (Å²) >= 11 is 0. The Morgan fingerprint density at radius 1 is 1.38 bits per heavy atom. The first kappa shape index (κ1) is 10.5. The highest BCUT2D eigenvalue weighted by molar-refractivity contribution is 6.15. The molecule has 1 aliphatic rings. The van der Waals surface area contributed by atoms with E-state index in [1.54, 1.807) is 6.07 Å². The van der Waals surface area contributed by atoms with Crippen molar-refractivity contribution in [2.45, 2.75) is 6.42 Å². The molecule has 0 atom stereocenters. The average Bonchev–Trinajstić information content (AvgIpc) is 2.58. The predicted molar refractivity (Wildman–Crippen MR) is 56.6 cm³/mol. The van der Waals surface area contributed by atoms with Gasteiger partial charge in [0.05, 0.1) is 25.8 Å². The van der Waals surface area contributed by atoms with E-state index in [1.807, 2.05) is 0 Å². The predicted octanol–water partition coefficient (Wildman–Crippen LogP) is 0.707. The van der Waals surface area contributed by atoms with Crippen molar-refractivity contribution < 1.29 is 19.4 Å². The molecule has 1 fully saturated rings. The van der Waals surface area contributed by atoms with Crippen molar-refractivity contribution in [1.29, 1.82) is 0 Å². The maximum absolute atomic E-state index is 11.5. The first-order chi connectivity index (χ1) is 7.61. The van der Waals surface area contributed by atoms with E-state index in [1.165, 1.54) is 24.1 Å². The lowest BCUT2D eigenvalue weighted by Crippen LogP contribution is -2.24. The molecule has 1 aliphatic heterocycles. The van der Waals surface area contributed by atoms with Gasteiger partial charge in [-0.05, 0) is 12.1 Å². The zero-order valence-electron chi connectivity index (χ0n) is 8.77. The molecule has 1 heterocycles. The standard InChI is InChI=1S/C11H11NO4/c1-16-8-2-3-10(14)9(5-8)12-6-7(13)4-11(12)15/h2-3,5,14H,4,6H2,1H3. The van der Waals surface area contributed by atoms with E-state index in [2.05, 4.69) is 0 Å². The molecule has 1 saturated heterocycles. The number of phenols is 1. The lowest BCUT2D eigenvalue weighted by Gasteiger charge is -2.16. The van der Waals surface area contributed by atoms with E-state index in [-0.39, 0.29) is 30.4 Å². The summed E-state index contributed by atoms with van der Waals surface area (Å²) in [5, 5.41) is 9.63. The highest BCUT2D eigenvalue weighted by Crippen LogP contribution is 2.33. The summed E-state index contributed by atoms with van der Waals surface area (Å²) in [6.45, 7) is 0.0135. The number of anilines is 1. The Hall–Kier alpha value is -2.04. The van der Waals surface area contributed by atoms with E-state index in [0.717, 1.165) is 0 Å². The van der Waals surface area contributed by atoms with Gasteiger partial charge in [0.15, 0.2) is 5.78 Å². The number of nitrogens with zero attached hydrogens (tertiary/aromatic N) is 1. The number of aromatic hydroxyl groups is 1. The van der Waals surface area contributed by atoms with Crippen molar-refractivity contribution in [3.8, 4) is 11.5 Å². The number of ketones is 1. The van der Waals surface area contributed by atoms with Crippen LogP contribution in [0.15, 0.2) is 18.2 Å². The molecule has 0 bridgehead atoms. The van der Waals surface area contributed by atoms with Gasteiger partial charge in [-0.1, -0.05) is 0 Å². The Labute approximate surface area is 92.2 Å². The second kappa shape index (κ2) is 3.84. The van der Waals surface area contributed by atoms with Crippen LogP contribution in [0.2, 0.25) is 0 Å². The minimum absolute atomic E-state index is 0.0135. The second-order valence-electron chi connectivity index (χ2n) is 3.55. The maximum Gasteiger partial charge on any atom is 0.235 e. The van der Waals surface area contributed by atoms with Gasteiger partial charge in [0.1, 0.15) is 11.5 Å². The lowest BCUT2D eigenvalue weighted by atomic mass is 10.2. The second-order valence-corrected chi connectivity index (χ2v) is 3.55. The smallest absolute Gasteiger partial charge is 0.235 e. The van der Waals surface area contributed by atoms with Crippen LogP contribution >= 0.6 is 0 Å². The SMILES string of the molecule is COc1ccc(O)c(N2CC(=O)CC2=O)c1. The Kier molecular flexibility index (Phi) is 2.52. The van der Waals surface area contributed by atoms with Gasteiger partial charge in [-0.15, -0.1) is 0 Å². The number of amides is 1. The van der Waals surface area contributed by atoms with E-state index in [9.17, 15) is 14.7 Å². The molecule has 0 radical (unpaired) electrons. The Morgan fingerprint density at radius 3 is 2.69 bits per heavy atom. The summed E-state index contributed by atoms with van der Waals surface area (Å²) in [5.41, 5.74) is 0.315. The fourth-order valence-corrected chi connectivity index (χ4v) is 1.65. The number of hydrogen-bond acceptors (Lipinski definition) is 4. The van der Waals surface area contributed by atoms with Crippen molar-refractivity contribution in [2.75, 3.05) is 18.6 Å². The molecule has 1 aromatic carbocycles. The first-order valence-corrected chi connectivity index (χ1v) is 4.81. The minimum atomic E-state index is -0.298. The van der Waals surface area contributed by atoms with Gasteiger partial charge in [-0.2, -0.15) is 0 Å². The van der Waals surface area contributed by atoms with Crippen LogP contribution in [-0.2, 0) is 9.59 Å². The van der Waals surface area contributed by atoms with E-state index in [4.69, 9.17) is 4.74 Å². The molecule has 1 aromatic rings. The van der Waals surface area contributed by atoms with Gasteiger partial charge in [0.25, 0.3) is 0 Å². The largest absolute Gasteiger partial charge is 0.506 e. The number of benzene rings is 1. The molecule has 0 unspecified atom stereocenters. The number of rotatable bonds is 2. The van der Waals surface area contributed by atoms with Gasteiger partial charge in [-0.25, -0.2) is 0 Å². The number of carbonyl (C=O) groups is 2. The van der Waals surface area contributed by atoms with Crippen LogP contribution in [0.25, 0.3) is 0 Å². The normalized spacial score (nSPS) is 15.7. The van der Waals surface area contributed by atoms with Gasteiger partial charge >= 0.3 is 0 Å². The quantitative estimate of drug-likeness (QED) is 0.747.